The van der Waals surface area contributed by atoms with Gasteiger partial charge in [-0.25, -0.2) is 9.59 Å². The zero-order valence-corrected chi connectivity index (χ0v) is 20.9. The standard InChI is InChI=1S/C26H31N3O8/c1-13-7-5-10-18(32)19(13)22(33)37-12-25(36)20(27-17-9-6-8-16(11-17)14(2)30)21-26(15(3)31,24(25,4)35)29-23(34)28-21/h5-11,15,20-21,27,31-32,35-36H,12H2,1-4H3,(H2,28,29,34)/t15-,20-,21-,24+,25+,26+/m1/s1. The van der Waals surface area contributed by atoms with Crippen LogP contribution in [-0.2, 0) is 4.74 Å². The average Bonchev–Trinajstić information content (AvgIpc) is 3.24. The molecule has 2 aliphatic rings. The number of hydrogen-bond acceptors (Lipinski definition) is 9. The van der Waals surface area contributed by atoms with E-state index in [0.717, 1.165) is 0 Å². The highest BCUT2D eigenvalue weighted by molar-refractivity contribution is 5.95. The number of ketones is 1. The molecule has 1 saturated heterocycles. The molecule has 1 aliphatic heterocycles. The molecule has 7 N–H and O–H groups in total. The van der Waals surface area contributed by atoms with E-state index in [9.17, 15) is 34.8 Å². The fourth-order valence-corrected chi connectivity index (χ4v) is 5.64. The molecule has 2 amide bonds. The first-order chi connectivity index (χ1) is 17.3. The van der Waals surface area contributed by atoms with Crippen molar-refractivity contribution in [3.8, 4) is 5.75 Å². The van der Waals surface area contributed by atoms with Crippen LogP contribution in [0.2, 0.25) is 0 Å². The number of urea groups is 1. The molecule has 0 unspecified atom stereocenters. The fraction of sp³-hybridized carbons (Fsp3) is 0.423. The molecule has 37 heavy (non-hydrogen) atoms. The number of ether oxygens (including phenoxy) is 1. The Bertz CT molecular complexity index is 1240. The van der Waals surface area contributed by atoms with Crippen LogP contribution in [0.25, 0.3) is 0 Å². The van der Waals surface area contributed by atoms with Gasteiger partial charge in [0.15, 0.2) is 11.4 Å². The highest BCUT2D eigenvalue weighted by Crippen LogP contribution is 2.51. The van der Waals surface area contributed by atoms with Crippen molar-refractivity contribution >= 4 is 23.5 Å². The van der Waals surface area contributed by atoms with E-state index in [1.165, 1.54) is 26.8 Å². The summed E-state index contributed by atoms with van der Waals surface area (Å²) in [6, 6.07) is 7.95. The van der Waals surface area contributed by atoms with Crippen LogP contribution in [0.15, 0.2) is 42.5 Å². The number of aromatic hydroxyl groups is 1. The number of aryl methyl sites for hydroxylation is 1. The molecule has 6 atom stereocenters. The Morgan fingerprint density at radius 3 is 2.49 bits per heavy atom. The lowest BCUT2D eigenvalue weighted by Gasteiger charge is -2.46. The molecule has 0 bridgehead atoms. The maximum absolute atomic E-state index is 12.9. The molecule has 0 aromatic heterocycles. The summed E-state index contributed by atoms with van der Waals surface area (Å²) in [5.74, 6) is -1.44. The summed E-state index contributed by atoms with van der Waals surface area (Å²) in [5, 5.41) is 53.1. The van der Waals surface area contributed by atoms with Crippen LogP contribution in [0.3, 0.4) is 0 Å². The van der Waals surface area contributed by atoms with Gasteiger partial charge in [-0.1, -0.05) is 24.3 Å². The normalized spacial score (nSPS) is 31.2. The van der Waals surface area contributed by atoms with E-state index in [1.54, 1.807) is 43.3 Å². The first-order valence-corrected chi connectivity index (χ1v) is 11.8. The molecule has 0 spiro atoms. The first-order valence-electron chi connectivity index (χ1n) is 11.8. The Morgan fingerprint density at radius 1 is 1.19 bits per heavy atom. The maximum Gasteiger partial charge on any atom is 0.342 e. The van der Waals surface area contributed by atoms with Crippen LogP contribution in [0.4, 0.5) is 10.5 Å². The highest BCUT2D eigenvalue weighted by atomic mass is 16.5. The van der Waals surface area contributed by atoms with Crippen LogP contribution in [0.1, 0.15) is 47.1 Å². The van der Waals surface area contributed by atoms with E-state index in [1.807, 2.05) is 0 Å². The van der Waals surface area contributed by atoms with E-state index in [-0.39, 0.29) is 17.1 Å². The van der Waals surface area contributed by atoms with Gasteiger partial charge in [0.2, 0.25) is 0 Å². The maximum atomic E-state index is 12.9. The third-order valence-corrected chi connectivity index (χ3v) is 7.72. The molecule has 1 saturated carbocycles. The molecule has 1 heterocycles. The largest absolute Gasteiger partial charge is 0.507 e. The number of carbonyl (C=O) groups is 3. The molecule has 2 aromatic rings. The molecular weight excluding hydrogens is 482 g/mol. The van der Waals surface area contributed by atoms with Crippen molar-refractivity contribution in [1.82, 2.24) is 10.6 Å². The van der Waals surface area contributed by atoms with Crippen molar-refractivity contribution < 1.29 is 39.5 Å². The number of Topliss-reactive ketones (excluding diaryl/α,β-unsaturated/α-hetero) is 1. The van der Waals surface area contributed by atoms with Crippen molar-refractivity contribution in [1.29, 1.82) is 0 Å². The highest BCUT2D eigenvalue weighted by Gasteiger charge is 2.79. The Hall–Kier alpha value is -3.67. The number of aliphatic hydroxyl groups is 3. The second-order valence-electron chi connectivity index (χ2n) is 9.92. The molecule has 11 heteroatoms. The number of benzene rings is 2. The van der Waals surface area contributed by atoms with E-state index in [4.69, 9.17) is 4.74 Å². The van der Waals surface area contributed by atoms with Gasteiger partial charge in [-0.3, -0.25) is 4.79 Å². The lowest BCUT2D eigenvalue weighted by atomic mass is 9.74. The number of rotatable bonds is 7. The minimum atomic E-state index is -2.28. The van der Waals surface area contributed by atoms with Crippen LogP contribution in [0, 0.1) is 6.92 Å². The minimum Gasteiger partial charge on any atom is -0.507 e. The van der Waals surface area contributed by atoms with Crippen molar-refractivity contribution in [3.63, 3.8) is 0 Å². The van der Waals surface area contributed by atoms with E-state index < -0.39 is 53.5 Å². The van der Waals surface area contributed by atoms with E-state index in [2.05, 4.69) is 16.0 Å². The summed E-state index contributed by atoms with van der Waals surface area (Å²) in [5.41, 5.74) is -5.20. The SMILES string of the molecule is CC(=O)c1cccc(N[C@@H]2[C@H]3NC(=O)N[C@]3([C@@H](C)O)[C@@](C)(O)[C@]2(O)COC(=O)c2c(C)cccc2O)c1. The number of anilines is 1. The molecule has 2 fully saturated rings. The summed E-state index contributed by atoms with van der Waals surface area (Å²) in [4.78, 5) is 37.2. The molecule has 2 aromatic carbocycles. The Balaban J connectivity index is 1.76. The summed E-state index contributed by atoms with van der Waals surface area (Å²) in [7, 11) is 0. The number of fused-ring (bicyclic) bond motifs is 1. The zero-order chi connectivity index (χ0) is 27.3. The third kappa shape index (κ3) is 3.90. The Morgan fingerprint density at radius 2 is 1.86 bits per heavy atom. The molecule has 1 aliphatic carbocycles. The minimum absolute atomic E-state index is 0.0979. The van der Waals surface area contributed by atoms with Gasteiger partial charge in [0.25, 0.3) is 0 Å². The van der Waals surface area contributed by atoms with Crippen molar-refractivity contribution in [2.45, 2.75) is 62.6 Å². The number of nitrogens with one attached hydrogen (secondary N) is 3. The van der Waals surface area contributed by atoms with Gasteiger partial charge in [0, 0.05) is 11.3 Å². The second-order valence-corrected chi connectivity index (χ2v) is 9.92. The quantitative estimate of drug-likeness (QED) is 0.209. The smallest absolute Gasteiger partial charge is 0.342 e. The van der Waals surface area contributed by atoms with E-state index in [0.29, 0.717) is 16.8 Å². The number of hydrogen-bond donors (Lipinski definition) is 7. The van der Waals surface area contributed by atoms with Crippen molar-refractivity contribution in [2.75, 3.05) is 11.9 Å². The number of phenolic OH excluding ortho intramolecular Hbond substituents is 1. The average molecular weight is 514 g/mol. The van der Waals surface area contributed by atoms with Gasteiger partial charge in [0.1, 0.15) is 29.1 Å². The topological polar surface area (TPSA) is 177 Å². The lowest BCUT2D eigenvalue weighted by molar-refractivity contribution is -0.184. The van der Waals surface area contributed by atoms with Crippen LogP contribution < -0.4 is 16.0 Å². The first kappa shape index (κ1) is 26.4. The number of carbonyl (C=O) groups excluding carboxylic acids is 3. The number of esters is 1. The van der Waals surface area contributed by atoms with Crippen LogP contribution in [-0.4, -0.2) is 79.7 Å². The predicted molar refractivity (Wildman–Crippen MR) is 132 cm³/mol. The summed E-state index contributed by atoms with van der Waals surface area (Å²) >= 11 is 0. The zero-order valence-electron chi connectivity index (χ0n) is 20.9. The van der Waals surface area contributed by atoms with Crippen LogP contribution in [0.5, 0.6) is 5.75 Å². The summed E-state index contributed by atoms with van der Waals surface area (Å²) in [6.45, 7) is 4.85. The van der Waals surface area contributed by atoms with Crippen molar-refractivity contribution in [3.05, 3.63) is 59.2 Å². The second kappa shape index (κ2) is 9.02. The molecule has 0 radical (unpaired) electrons. The van der Waals surface area contributed by atoms with E-state index >= 15 is 0 Å². The van der Waals surface area contributed by atoms with Gasteiger partial charge < -0.3 is 41.1 Å². The van der Waals surface area contributed by atoms with Gasteiger partial charge >= 0.3 is 12.0 Å². The lowest BCUT2D eigenvalue weighted by Crippen LogP contribution is -2.72. The molecule has 4 rings (SSSR count). The van der Waals surface area contributed by atoms with Gasteiger partial charge in [-0.2, -0.15) is 0 Å². The number of phenols is 1. The predicted octanol–water partition coefficient (Wildman–Crippen LogP) is 0.837. The monoisotopic (exact) mass is 513 g/mol. The van der Waals surface area contributed by atoms with Crippen molar-refractivity contribution in [2.24, 2.45) is 0 Å². The summed E-state index contributed by atoms with van der Waals surface area (Å²) in [6.07, 6.45) is -1.36. The third-order valence-electron chi connectivity index (χ3n) is 7.72. The fourth-order valence-electron chi connectivity index (χ4n) is 5.64. The number of aliphatic hydroxyl groups excluding tert-OH is 1. The molecule has 11 nitrogen and oxygen atoms in total. The molecular formula is C26H31N3O8. The number of amides is 2. The summed E-state index contributed by atoms with van der Waals surface area (Å²) < 4.78 is 5.43. The van der Waals surface area contributed by atoms with Gasteiger partial charge in [-0.05, 0) is 51.5 Å². The Labute approximate surface area is 213 Å². The Kier molecular flexibility index (Phi) is 6.43. The van der Waals surface area contributed by atoms with Gasteiger partial charge in [0.05, 0.1) is 18.2 Å². The molecule has 198 valence electrons. The van der Waals surface area contributed by atoms with Gasteiger partial charge in [-0.15, -0.1) is 0 Å². The van der Waals surface area contributed by atoms with Crippen LogP contribution >= 0.6 is 0 Å².